The Hall–Kier alpha value is -0.950. The van der Waals surface area contributed by atoms with Gasteiger partial charge in [0.05, 0.1) is 4.48 Å². The van der Waals surface area contributed by atoms with Gasteiger partial charge in [-0.25, -0.2) is 9.79 Å². The number of carbonyl (C=O) groups excluding carboxylic acids is 1. The Balaban J connectivity index is 2.36. The topological polar surface area (TPSA) is 80.0 Å². The van der Waals surface area contributed by atoms with Gasteiger partial charge < -0.3 is 20.7 Å². The zero-order valence-electron chi connectivity index (χ0n) is 11.1. The Labute approximate surface area is 126 Å². The van der Waals surface area contributed by atoms with E-state index >= 15 is 0 Å². The van der Waals surface area contributed by atoms with Crippen molar-refractivity contribution in [1.29, 1.82) is 0 Å². The summed E-state index contributed by atoms with van der Waals surface area (Å²) in [5.41, 5.74) is 4.54. The molecule has 1 amide bonds. The molecule has 1 aliphatic rings. The van der Waals surface area contributed by atoms with Crippen LogP contribution in [0.3, 0.4) is 0 Å². The van der Waals surface area contributed by atoms with Crippen LogP contribution in [0, 0.1) is 0 Å². The molecular weight excluding hydrogens is 336 g/mol. The maximum absolute atomic E-state index is 11.4. The summed E-state index contributed by atoms with van der Waals surface area (Å²) in [4.78, 5) is 17.2. The van der Waals surface area contributed by atoms with Gasteiger partial charge in [0, 0.05) is 19.3 Å². The minimum atomic E-state index is -0.568. The zero-order chi connectivity index (χ0) is 14.6. The Morgan fingerprint density at radius 1 is 1.68 bits per heavy atom. The van der Waals surface area contributed by atoms with Crippen LogP contribution in [0.1, 0.15) is 20.8 Å². The number of ether oxygens (including phenoxy) is 1. The van der Waals surface area contributed by atoms with Crippen molar-refractivity contribution in [3.8, 4) is 0 Å². The number of nitrogens with one attached hydrogen (secondary N) is 1. The first-order valence-electron chi connectivity index (χ1n) is 5.76. The quantitative estimate of drug-likeness (QED) is 0.600. The van der Waals surface area contributed by atoms with Crippen LogP contribution in [-0.4, -0.2) is 41.1 Å². The number of alkyl carbamates (subject to hydrolysis) is 1. The Kier molecular flexibility index (Phi) is 5.49. The number of amides is 1. The van der Waals surface area contributed by atoms with Gasteiger partial charge in [-0.1, -0.05) is 11.6 Å². The summed E-state index contributed by atoms with van der Waals surface area (Å²) in [6.07, 6.45) is 1.29. The number of nitrogens with zero attached hydrogens (tertiary/aromatic N) is 2. The molecule has 0 aliphatic carbocycles. The fraction of sp³-hybridized carbons (Fsp3) is 0.636. The summed E-state index contributed by atoms with van der Waals surface area (Å²) in [7, 11) is 0. The van der Waals surface area contributed by atoms with Crippen LogP contribution in [-0.2, 0) is 4.74 Å². The highest BCUT2D eigenvalue weighted by molar-refractivity contribution is 9.12. The predicted octanol–water partition coefficient (Wildman–Crippen LogP) is 1.94. The van der Waals surface area contributed by atoms with Crippen LogP contribution < -0.4 is 11.1 Å². The third kappa shape index (κ3) is 5.69. The van der Waals surface area contributed by atoms with E-state index in [1.165, 1.54) is 0 Å². The average Bonchev–Trinajstić information content (AvgIpc) is 2.22. The van der Waals surface area contributed by atoms with Crippen molar-refractivity contribution in [3.63, 3.8) is 0 Å². The number of aliphatic imine (C=N–C) groups is 1. The van der Waals surface area contributed by atoms with Crippen molar-refractivity contribution >= 4 is 39.5 Å². The molecule has 3 N–H and O–H groups in total. The number of rotatable bonds is 3. The smallest absolute Gasteiger partial charge is 0.407 e. The van der Waals surface area contributed by atoms with Crippen LogP contribution in [0.25, 0.3) is 0 Å². The molecule has 1 rings (SSSR count). The number of hydrogen-bond donors (Lipinski definition) is 2. The molecular formula is C11H18BrClN4O2. The number of carbonyl (C=O) groups is 1. The van der Waals surface area contributed by atoms with Crippen LogP contribution in [0.2, 0.25) is 0 Å². The SMILES string of the molecule is CC(C)(C)OC(=O)NCCN1C=C(Br)C(N)=NC1Cl. The summed E-state index contributed by atoms with van der Waals surface area (Å²) < 4.78 is 5.79. The molecule has 0 aromatic carbocycles. The molecule has 0 aromatic heterocycles. The van der Waals surface area contributed by atoms with E-state index in [4.69, 9.17) is 22.1 Å². The minimum Gasteiger partial charge on any atom is -0.444 e. The normalized spacial score (nSPS) is 19.6. The van der Waals surface area contributed by atoms with Gasteiger partial charge in [-0.05, 0) is 36.7 Å². The molecule has 0 radical (unpaired) electrons. The van der Waals surface area contributed by atoms with Crippen molar-refractivity contribution in [2.24, 2.45) is 10.7 Å². The van der Waals surface area contributed by atoms with Gasteiger partial charge in [0.1, 0.15) is 11.4 Å². The third-order valence-electron chi connectivity index (χ3n) is 2.08. The number of nitrogens with two attached hydrogens (primary N) is 1. The lowest BCUT2D eigenvalue weighted by Crippen LogP contribution is -2.40. The highest BCUT2D eigenvalue weighted by atomic mass is 79.9. The van der Waals surface area contributed by atoms with E-state index in [0.717, 1.165) is 0 Å². The molecule has 1 atom stereocenters. The van der Waals surface area contributed by atoms with E-state index in [1.54, 1.807) is 11.1 Å². The maximum atomic E-state index is 11.4. The number of amidine groups is 1. The van der Waals surface area contributed by atoms with E-state index in [-0.39, 0.29) is 0 Å². The molecule has 8 heteroatoms. The summed E-state index contributed by atoms with van der Waals surface area (Å²) in [6.45, 7) is 6.32. The predicted molar refractivity (Wildman–Crippen MR) is 79.2 cm³/mol. The van der Waals surface area contributed by atoms with Crippen molar-refractivity contribution in [3.05, 3.63) is 10.7 Å². The van der Waals surface area contributed by atoms with Gasteiger partial charge in [-0.2, -0.15) is 0 Å². The largest absolute Gasteiger partial charge is 0.444 e. The molecule has 0 saturated heterocycles. The van der Waals surface area contributed by atoms with Gasteiger partial charge in [0.15, 0.2) is 5.62 Å². The molecule has 0 bridgehead atoms. The average molecular weight is 354 g/mol. The zero-order valence-corrected chi connectivity index (χ0v) is 13.5. The Morgan fingerprint density at radius 3 is 2.89 bits per heavy atom. The van der Waals surface area contributed by atoms with Crippen LogP contribution in [0.4, 0.5) is 4.79 Å². The van der Waals surface area contributed by atoms with Crippen molar-refractivity contribution in [2.45, 2.75) is 32.0 Å². The Bertz CT molecular complexity index is 406. The molecule has 1 heterocycles. The second kappa shape index (κ2) is 6.47. The van der Waals surface area contributed by atoms with E-state index in [0.29, 0.717) is 23.4 Å². The second-order valence-corrected chi connectivity index (χ2v) is 6.21. The lowest BCUT2D eigenvalue weighted by molar-refractivity contribution is 0.0524. The van der Waals surface area contributed by atoms with Crippen LogP contribution >= 0.6 is 27.5 Å². The lowest BCUT2D eigenvalue weighted by atomic mass is 10.2. The van der Waals surface area contributed by atoms with E-state index < -0.39 is 17.3 Å². The summed E-state index contributed by atoms with van der Waals surface area (Å²) >= 11 is 9.29. The minimum absolute atomic E-state index is 0.358. The summed E-state index contributed by atoms with van der Waals surface area (Å²) in [5, 5.41) is 2.65. The molecule has 0 fully saturated rings. The highest BCUT2D eigenvalue weighted by Crippen LogP contribution is 2.18. The summed E-state index contributed by atoms with van der Waals surface area (Å²) in [6, 6.07) is 0. The fourth-order valence-electron chi connectivity index (χ4n) is 1.30. The highest BCUT2D eigenvalue weighted by Gasteiger charge is 2.19. The molecule has 0 saturated carbocycles. The maximum Gasteiger partial charge on any atom is 0.407 e. The van der Waals surface area contributed by atoms with Gasteiger partial charge in [0.25, 0.3) is 0 Å². The molecule has 19 heavy (non-hydrogen) atoms. The van der Waals surface area contributed by atoms with Gasteiger partial charge >= 0.3 is 6.09 Å². The number of halogens is 2. The second-order valence-electron chi connectivity index (χ2n) is 4.97. The first kappa shape index (κ1) is 16.1. The first-order chi connectivity index (χ1) is 8.69. The van der Waals surface area contributed by atoms with Crippen molar-refractivity contribution in [1.82, 2.24) is 10.2 Å². The molecule has 0 spiro atoms. The van der Waals surface area contributed by atoms with Crippen molar-refractivity contribution in [2.75, 3.05) is 13.1 Å². The summed E-state index contributed by atoms with van der Waals surface area (Å²) in [5.74, 6) is 0.358. The van der Waals surface area contributed by atoms with Gasteiger partial charge in [0.2, 0.25) is 0 Å². The standard InChI is InChI=1S/C11H18BrClN4O2/c1-11(2,3)19-10(18)15-4-5-17-6-7(12)8(14)16-9(17)13/h6,9H,4-5H2,1-3H3,(H2,14,16)(H,15,18). The van der Waals surface area contributed by atoms with E-state index in [9.17, 15) is 4.79 Å². The molecule has 1 unspecified atom stereocenters. The molecule has 0 aromatic rings. The van der Waals surface area contributed by atoms with Gasteiger partial charge in [-0.3, -0.25) is 0 Å². The van der Waals surface area contributed by atoms with E-state index in [1.807, 2.05) is 20.8 Å². The van der Waals surface area contributed by atoms with Crippen LogP contribution in [0.15, 0.2) is 15.7 Å². The van der Waals surface area contributed by atoms with Crippen molar-refractivity contribution < 1.29 is 9.53 Å². The van der Waals surface area contributed by atoms with E-state index in [2.05, 4.69) is 26.2 Å². The van der Waals surface area contributed by atoms with Gasteiger partial charge in [-0.15, -0.1) is 0 Å². The number of alkyl halides is 1. The third-order valence-corrected chi connectivity index (χ3v) is 3.04. The fourth-order valence-corrected chi connectivity index (χ4v) is 1.92. The first-order valence-corrected chi connectivity index (χ1v) is 6.99. The lowest BCUT2D eigenvalue weighted by Gasteiger charge is -2.27. The Morgan fingerprint density at radius 2 is 2.32 bits per heavy atom. The monoisotopic (exact) mass is 352 g/mol. The van der Waals surface area contributed by atoms with Crippen LogP contribution in [0.5, 0.6) is 0 Å². The molecule has 6 nitrogen and oxygen atoms in total. The molecule has 1 aliphatic heterocycles. The molecule has 108 valence electrons. The number of hydrogen-bond acceptors (Lipinski definition) is 5.